The number of aromatic nitrogens is 1. The van der Waals surface area contributed by atoms with E-state index in [0.717, 1.165) is 15.7 Å². The Morgan fingerprint density at radius 3 is 2.29 bits per heavy atom. The zero-order valence-corrected chi connectivity index (χ0v) is 34.9. The van der Waals surface area contributed by atoms with Crippen molar-refractivity contribution < 1.29 is 42.4 Å². The molecule has 0 aliphatic carbocycles. The van der Waals surface area contributed by atoms with E-state index in [0.29, 0.717) is 47.5 Å². The van der Waals surface area contributed by atoms with Gasteiger partial charge in [-0.1, -0.05) is 66.7 Å². The summed E-state index contributed by atoms with van der Waals surface area (Å²) in [4.78, 5) is 98.2. The van der Waals surface area contributed by atoms with Crippen LogP contribution in [0.3, 0.4) is 0 Å². The number of carbonyl (C=O) groups is 7. The molecule has 0 saturated carbocycles. The first-order valence-corrected chi connectivity index (χ1v) is 21.0. The van der Waals surface area contributed by atoms with E-state index in [1.54, 1.807) is 48.7 Å². The first-order valence-electron chi connectivity index (χ1n) is 21.0. The van der Waals surface area contributed by atoms with Crippen LogP contribution in [0.1, 0.15) is 68.6 Å². The number of pyridine rings is 1. The molecule has 7 aromatic rings. The minimum absolute atomic E-state index is 0.00503. The number of piperidine rings is 1. The molecule has 65 heavy (non-hydrogen) atoms. The molecule has 5 heterocycles. The number of nitrogens with zero attached hydrogens (tertiary/aromatic N) is 3. The van der Waals surface area contributed by atoms with Crippen molar-refractivity contribution in [2.75, 3.05) is 29.9 Å². The van der Waals surface area contributed by atoms with Crippen molar-refractivity contribution in [1.82, 2.24) is 25.8 Å². The second kappa shape index (κ2) is 19.8. The smallest absolute Gasteiger partial charge is 0.294 e. The number of carbonyl (C=O) groups excluding carboxylic acids is 7. The lowest BCUT2D eigenvalue weighted by atomic mass is 10.0. The molecule has 7 amide bonds. The summed E-state index contributed by atoms with van der Waals surface area (Å²) < 4.78 is 11.6. The van der Waals surface area contributed by atoms with Crippen LogP contribution in [0.15, 0.2) is 149 Å². The fourth-order valence-corrected chi connectivity index (χ4v) is 7.80. The van der Waals surface area contributed by atoms with Gasteiger partial charge in [0.25, 0.3) is 17.7 Å². The normalized spacial score (nSPS) is 14.8. The lowest BCUT2D eigenvalue weighted by molar-refractivity contribution is -0.136. The molecule has 1 fully saturated rings. The number of nitrogens with one attached hydrogen (secondary N) is 4. The first-order chi connectivity index (χ1) is 31.7. The number of para-hydroxylation sites is 1. The zero-order chi connectivity index (χ0) is 45.3. The third-order valence-electron chi connectivity index (χ3n) is 10.9. The summed E-state index contributed by atoms with van der Waals surface area (Å²) in [5.74, 6) is -4.03. The largest absolute Gasteiger partial charge is 0.459 e. The maximum atomic E-state index is 14.1. The number of rotatable bonds is 14. The molecule has 16 nitrogen and oxygen atoms in total. The maximum absolute atomic E-state index is 14.1. The van der Waals surface area contributed by atoms with E-state index >= 15 is 0 Å². The highest BCUT2D eigenvalue weighted by molar-refractivity contribution is 6.25. The molecule has 2 unspecified atom stereocenters. The third kappa shape index (κ3) is 9.51. The second-order valence-electron chi connectivity index (χ2n) is 15.2. The summed E-state index contributed by atoms with van der Waals surface area (Å²) in [7, 11) is 0. The fraction of sp³-hybridized carbons (Fsp3) is 0.184. The van der Waals surface area contributed by atoms with E-state index in [1.165, 1.54) is 29.5 Å². The van der Waals surface area contributed by atoms with Gasteiger partial charge in [-0.15, -0.1) is 0 Å². The Hall–Kier alpha value is -8.40. The molecule has 2 atom stereocenters. The molecule has 0 radical (unpaired) electrons. The fourth-order valence-electron chi connectivity index (χ4n) is 7.80. The number of benzene rings is 4. The highest BCUT2D eigenvalue weighted by atomic mass is 16.3. The van der Waals surface area contributed by atoms with Crippen LogP contribution in [0.5, 0.6) is 0 Å². The number of hydrogen-bond acceptors (Lipinski definition) is 11. The number of anilines is 2. The number of amides is 7. The molecule has 4 aromatic carbocycles. The Balaban J connectivity index is 0.000000888. The van der Waals surface area contributed by atoms with Gasteiger partial charge in [0.05, 0.1) is 23.9 Å². The monoisotopic (exact) mass is 873 g/mol. The summed E-state index contributed by atoms with van der Waals surface area (Å²) >= 11 is 0. The van der Waals surface area contributed by atoms with Crippen molar-refractivity contribution in [3.63, 3.8) is 0 Å². The van der Waals surface area contributed by atoms with Crippen LogP contribution in [-0.2, 0) is 19.2 Å². The minimum atomic E-state index is -1.26. The molecule has 4 N–H and O–H groups in total. The van der Waals surface area contributed by atoms with Gasteiger partial charge in [0.2, 0.25) is 23.6 Å². The van der Waals surface area contributed by atoms with Gasteiger partial charge in [0, 0.05) is 65.7 Å². The van der Waals surface area contributed by atoms with Crippen LogP contribution >= 0.6 is 0 Å². The number of hydrogen-bond donors (Lipinski definition) is 4. The number of fused-ring (bicyclic) bond motifs is 4. The van der Waals surface area contributed by atoms with Crippen LogP contribution in [0.4, 0.5) is 11.4 Å². The lowest BCUT2D eigenvalue weighted by Crippen LogP contribution is -2.54. The molecule has 9 rings (SSSR count). The summed E-state index contributed by atoms with van der Waals surface area (Å²) in [6.07, 6.45) is 5.57. The number of furan rings is 2. The van der Waals surface area contributed by atoms with E-state index in [-0.39, 0.29) is 42.8 Å². The van der Waals surface area contributed by atoms with Crippen molar-refractivity contribution in [2.45, 2.75) is 37.8 Å². The molecule has 0 spiro atoms. The van der Waals surface area contributed by atoms with Crippen LogP contribution in [-0.4, -0.2) is 76.9 Å². The van der Waals surface area contributed by atoms with Gasteiger partial charge in [0.15, 0.2) is 5.76 Å². The van der Waals surface area contributed by atoms with Crippen molar-refractivity contribution in [3.05, 3.63) is 162 Å². The molecular weight excluding hydrogens is 831 g/mol. The topological polar surface area (TPSA) is 213 Å². The third-order valence-corrected chi connectivity index (χ3v) is 10.9. The molecule has 328 valence electrons. The van der Waals surface area contributed by atoms with Gasteiger partial charge in [-0.25, -0.2) is 0 Å². The van der Waals surface area contributed by atoms with Gasteiger partial charge >= 0.3 is 0 Å². The number of imide groups is 2. The Kier molecular flexibility index (Phi) is 13.1. The van der Waals surface area contributed by atoms with Crippen molar-refractivity contribution in [1.29, 1.82) is 0 Å². The Morgan fingerprint density at radius 1 is 0.785 bits per heavy atom. The summed E-state index contributed by atoms with van der Waals surface area (Å²) in [5.41, 5.74) is 2.68. The van der Waals surface area contributed by atoms with Crippen LogP contribution < -0.4 is 26.2 Å². The average Bonchev–Trinajstić information content (AvgIpc) is 4.07. The standard InChI is InChI=1S/C43H37N7O9.C6H6/c51-35-17-16-31(39(53)48-35)50-41(55)29-10-5-11-30(37(29)43(50)57)45-19-3-4-20-46-36(52)24-47-40(54)38(25-8-6-18-44-23-25)49(42(56)33-13-7-21-58-33)26-14-15-28-27-9-1-2-12-32(27)59-34(28)22-26;1-2-4-6-5-3-1/h1-2,5-15,18,21-23,31,38,45H,3-4,16-17,19-20,24H2,(H,46,52)(H,47,54)(H,48,51,53);1-6H. The van der Waals surface area contributed by atoms with E-state index in [9.17, 15) is 33.6 Å². The first kappa shape index (κ1) is 43.3. The molecule has 1 saturated heterocycles. The molecule has 0 bridgehead atoms. The predicted molar refractivity (Wildman–Crippen MR) is 240 cm³/mol. The highest BCUT2D eigenvalue weighted by Crippen LogP contribution is 2.36. The Morgan fingerprint density at radius 2 is 1.55 bits per heavy atom. The predicted octanol–water partition coefficient (Wildman–Crippen LogP) is 6.17. The summed E-state index contributed by atoms with van der Waals surface area (Å²) in [6.45, 7) is 0.293. The van der Waals surface area contributed by atoms with E-state index in [4.69, 9.17) is 8.83 Å². The highest BCUT2D eigenvalue weighted by Gasteiger charge is 2.45. The molecule has 3 aromatic heterocycles. The summed E-state index contributed by atoms with van der Waals surface area (Å²) in [6, 6.07) is 33.7. The summed E-state index contributed by atoms with van der Waals surface area (Å²) in [5, 5.41) is 12.6. The maximum Gasteiger partial charge on any atom is 0.294 e. The van der Waals surface area contributed by atoms with Gasteiger partial charge in [-0.2, -0.15) is 0 Å². The van der Waals surface area contributed by atoms with E-state index < -0.39 is 53.4 Å². The SMILES string of the molecule is O=C(CNC(=O)C(c1cccnc1)N(C(=O)c1ccco1)c1ccc2c(c1)oc1ccccc12)NCCCCNc1cccc2c1C(=O)N(C1CCC(=O)NC1=O)C2=O.c1ccccc1. The van der Waals surface area contributed by atoms with E-state index in [1.807, 2.05) is 66.7 Å². The lowest BCUT2D eigenvalue weighted by Gasteiger charge is -2.30. The second-order valence-corrected chi connectivity index (χ2v) is 15.2. The number of unbranched alkanes of at least 4 members (excludes halogenated alkanes) is 1. The van der Waals surface area contributed by atoms with E-state index in [2.05, 4.69) is 26.3 Å². The quantitative estimate of drug-likeness (QED) is 0.0716. The van der Waals surface area contributed by atoms with Crippen LogP contribution in [0, 0.1) is 0 Å². The van der Waals surface area contributed by atoms with Crippen molar-refractivity contribution in [3.8, 4) is 0 Å². The van der Waals surface area contributed by atoms with Crippen molar-refractivity contribution >= 4 is 74.7 Å². The molecule has 16 heteroatoms. The van der Waals surface area contributed by atoms with Gasteiger partial charge in [-0.3, -0.25) is 53.7 Å². The molecule has 2 aliphatic heterocycles. The Labute approximate surface area is 372 Å². The molecule has 2 aliphatic rings. The van der Waals surface area contributed by atoms with Crippen LogP contribution in [0.2, 0.25) is 0 Å². The average molecular weight is 874 g/mol. The Bertz CT molecular complexity index is 2850. The van der Waals surface area contributed by atoms with Gasteiger partial charge < -0.3 is 24.8 Å². The minimum Gasteiger partial charge on any atom is -0.459 e. The van der Waals surface area contributed by atoms with Crippen molar-refractivity contribution in [2.24, 2.45) is 0 Å². The van der Waals surface area contributed by atoms with Gasteiger partial charge in [-0.05, 0) is 67.8 Å². The van der Waals surface area contributed by atoms with Crippen LogP contribution in [0.25, 0.3) is 21.9 Å². The zero-order valence-electron chi connectivity index (χ0n) is 34.9. The van der Waals surface area contributed by atoms with Gasteiger partial charge in [0.1, 0.15) is 23.2 Å². The molecular formula is C49H43N7O9.